The summed E-state index contributed by atoms with van der Waals surface area (Å²) in [5, 5.41) is 0. The summed E-state index contributed by atoms with van der Waals surface area (Å²) in [4.78, 5) is 10.7. The summed E-state index contributed by atoms with van der Waals surface area (Å²) >= 11 is 0. The summed E-state index contributed by atoms with van der Waals surface area (Å²) in [6, 6.07) is 0. The van der Waals surface area contributed by atoms with E-state index in [4.69, 9.17) is 10.5 Å². The van der Waals surface area contributed by atoms with E-state index in [2.05, 4.69) is 0 Å². The number of carbonyl (C=O) groups is 1. The van der Waals surface area contributed by atoms with Crippen molar-refractivity contribution in [3.05, 3.63) is 0 Å². The first-order valence-corrected chi connectivity index (χ1v) is 3.09. The van der Waals surface area contributed by atoms with Crippen molar-refractivity contribution in [1.82, 2.24) is 0 Å². The van der Waals surface area contributed by atoms with Gasteiger partial charge in [-0.05, 0) is 6.42 Å². The van der Waals surface area contributed by atoms with Crippen LogP contribution in [0.4, 0.5) is 0 Å². The lowest BCUT2D eigenvalue weighted by molar-refractivity contribution is -0.158. The van der Waals surface area contributed by atoms with E-state index >= 15 is 0 Å². The zero-order valence-electron chi connectivity index (χ0n) is 5.52. The van der Waals surface area contributed by atoms with Gasteiger partial charge in [-0.15, -0.1) is 0 Å². The number of hydrogen-bond donors (Lipinski definition) is 1. The van der Waals surface area contributed by atoms with Crippen molar-refractivity contribution in [1.29, 1.82) is 0 Å². The summed E-state index contributed by atoms with van der Waals surface area (Å²) in [6.45, 7) is 2.98. The molecule has 1 amide bonds. The number of hydrogen-bond acceptors (Lipinski definition) is 2. The van der Waals surface area contributed by atoms with Gasteiger partial charge in [0.05, 0.1) is 18.6 Å². The van der Waals surface area contributed by atoms with Gasteiger partial charge in [-0.2, -0.15) is 0 Å². The molecule has 1 aliphatic rings. The zero-order valence-corrected chi connectivity index (χ0v) is 5.52. The lowest BCUT2D eigenvalue weighted by Gasteiger charge is -2.37. The third-order valence-electron chi connectivity index (χ3n) is 1.96. The van der Waals surface area contributed by atoms with Crippen LogP contribution in [0.3, 0.4) is 0 Å². The highest BCUT2D eigenvalue weighted by Crippen LogP contribution is 2.30. The molecule has 3 heteroatoms. The van der Waals surface area contributed by atoms with Crippen molar-refractivity contribution in [2.75, 3.05) is 13.2 Å². The molecule has 0 aromatic rings. The molecule has 0 aliphatic carbocycles. The number of rotatable bonds is 2. The van der Waals surface area contributed by atoms with Gasteiger partial charge in [0.2, 0.25) is 5.91 Å². The second-order valence-corrected chi connectivity index (χ2v) is 2.49. The second-order valence-electron chi connectivity index (χ2n) is 2.49. The minimum atomic E-state index is -0.319. The van der Waals surface area contributed by atoms with Crippen LogP contribution in [0.2, 0.25) is 0 Å². The van der Waals surface area contributed by atoms with Gasteiger partial charge in [0.1, 0.15) is 0 Å². The zero-order chi connectivity index (χ0) is 6.91. The van der Waals surface area contributed by atoms with Crippen LogP contribution in [0.5, 0.6) is 0 Å². The third kappa shape index (κ3) is 0.812. The molecule has 0 spiro atoms. The van der Waals surface area contributed by atoms with E-state index in [-0.39, 0.29) is 11.3 Å². The molecule has 3 nitrogen and oxygen atoms in total. The Kier molecular flexibility index (Phi) is 1.45. The number of primary amides is 1. The molecular weight excluding hydrogens is 118 g/mol. The number of amides is 1. The molecule has 0 saturated carbocycles. The Morgan fingerprint density at radius 3 is 2.33 bits per heavy atom. The fourth-order valence-corrected chi connectivity index (χ4v) is 0.869. The maximum absolute atomic E-state index is 10.7. The van der Waals surface area contributed by atoms with Crippen molar-refractivity contribution >= 4 is 5.91 Å². The first kappa shape index (κ1) is 6.55. The van der Waals surface area contributed by atoms with Gasteiger partial charge >= 0.3 is 0 Å². The SMILES string of the molecule is CCC1(C(N)=O)COC1. The summed E-state index contributed by atoms with van der Waals surface area (Å²) in [7, 11) is 0. The fraction of sp³-hybridized carbons (Fsp3) is 0.833. The summed E-state index contributed by atoms with van der Waals surface area (Å²) in [5.41, 5.74) is 4.80. The average molecular weight is 129 g/mol. The molecule has 0 aromatic heterocycles. The lowest BCUT2D eigenvalue weighted by Crippen LogP contribution is -2.51. The van der Waals surface area contributed by atoms with Crippen LogP contribution in [0, 0.1) is 5.41 Å². The van der Waals surface area contributed by atoms with E-state index in [1.807, 2.05) is 6.92 Å². The number of ether oxygens (including phenoxy) is 1. The Morgan fingerprint density at radius 1 is 1.78 bits per heavy atom. The van der Waals surface area contributed by atoms with Crippen molar-refractivity contribution in [3.63, 3.8) is 0 Å². The number of carbonyl (C=O) groups excluding carboxylic acids is 1. The molecule has 1 saturated heterocycles. The highest BCUT2D eigenvalue weighted by molar-refractivity contribution is 5.81. The summed E-state index contributed by atoms with van der Waals surface area (Å²) < 4.78 is 4.89. The smallest absolute Gasteiger partial charge is 0.228 e. The molecule has 52 valence electrons. The van der Waals surface area contributed by atoms with Crippen LogP contribution >= 0.6 is 0 Å². The van der Waals surface area contributed by atoms with Gasteiger partial charge in [0, 0.05) is 0 Å². The molecule has 1 aliphatic heterocycles. The van der Waals surface area contributed by atoms with Crippen molar-refractivity contribution in [2.24, 2.45) is 11.1 Å². The highest BCUT2D eigenvalue weighted by atomic mass is 16.5. The summed E-state index contributed by atoms with van der Waals surface area (Å²) in [6.07, 6.45) is 0.794. The van der Waals surface area contributed by atoms with Crippen LogP contribution in [-0.2, 0) is 9.53 Å². The maximum Gasteiger partial charge on any atom is 0.228 e. The Balaban J connectivity index is 2.57. The van der Waals surface area contributed by atoms with Gasteiger partial charge in [0.15, 0.2) is 0 Å². The molecule has 1 rings (SSSR count). The molecule has 2 N–H and O–H groups in total. The van der Waals surface area contributed by atoms with Crippen LogP contribution < -0.4 is 5.73 Å². The average Bonchev–Trinajstić information content (AvgIpc) is 1.62. The molecule has 1 fully saturated rings. The van der Waals surface area contributed by atoms with Crippen LogP contribution in [-0.4, -0.2) is 19.1 Å². The molecule has 1 heterocycles. The van der Waals surface area contributed by atoms with E-state index in [1.165, 1.54) is 0 Å². The first-order valence-electron chi connectivity index (χ1n) is 3.09. The largest absolute Gasteiger partial charge is 0.379 e. The minimum Gasteiger partial charge on any atom is -0.379 e. The van der Waals surface area contributed by atoms with Crippen LogP contribution in [0.25, 0.3) is 0 Å². The second kappa shape index (κ2) is 1.99. The Hall–Kier alpha value is -0.570. The van der Waals surface area contributed by atoms with Gasteiger partial charge in [0.25, 0.3) is 0 Å². The highest BCUT2D eigenvalue weighted by Gasteiger charge is 2.42. The van der Waals surface area contributed by atoms with Gasteiger partial charge in [-0.3, -0.25) is 4.79 Å². The van der Waals surface area contributed by atoms with Crippen LogP contribution in [0.15, 0.2) is 0 Å². The van der Waals surface area contributed by atoms with Gasteiger partial charge in [-0.1, -0.05) is 6.92 Å². The number of nitrogens with two attached hydrogens (primary N) is 1. The quantitative estimate of drug-likeness (QED) is 0.566. The van der Waals surface area contributed by atoms with Gasteiger partial charge in [-0.25, -0.2) is 0 Å². The van der Waals surface area contributed by atoms with Crippen molar-refractivity contribution < 1.29 is 9.53 Å². The lowest BCUT2D eigenvalue weighted by atomic mass is 9.83. The van der Waals surface area contributed by atoms with E-state index in [0.29, 0.717) is 13.2 Å². The standard InChI is InChI=1S/C6H11NO2/c1-2-6(5(7)8)3-9-4-6/h2-4H2,1H3,(H2,7,8). The molecule has 0 radical (unpaired) electrons. The predicted molar refractivity (Wildman–Crippen MR) is 32.7 cm³/mol. The molecule has 9 heavy (non-hydrogen) atoms. The maximum atomic E-state index is 10.7. The summed E-state index contributed by atoms with van der Waals surface area (Å²) in [5.74, 6) is -0.226. The van der Waals surface area contributed by atoms with Crippen molar-refractivity contribution in [3.8, 4) is 0 Å². The van der Waals surface area contributed by atoms with Crippen LogP contribution in [0.1, 0.15) is 13.3 Å². The topological polar surface area (TPSA) is 52.3 Å². The molecule has 0 atom stereocenters. The minimum absolute atomic E-state index is 0.226. The van der Waals surface area contributed by atoms with Crippen molar-refractivity contribution in [2.45, 2.75) is 13.3 Å². The molecule has 0 aromatic carbocycles. The Morgan fingerprint density at radius 2 is 2.33 bits per heavy atom. The van der Waals surface area contributed by atoms with E-state index in [9.17, 15) is 4.79 Å². The van der Waals surface area contributed by atoms with E-state index in [1.54, 1.807) is 0 Å². The predicted octanol–water partition coefficient (Wildman–Crippen LogP) is -0.102. The van der Waals surface area contributed by atoms with E-state index in [0.717, 1.165) is 6.42 Å². The van der Waals surface area contributed by atoms with Gasteiger partial charge < -0.3 is 10.5 Å². The van der Waals surface area contributed by atoms with E-state index < -0.39 is 0 Å². The third-order valence-corrected chi connectivity index (χ3v) is 1.96. The molecular formula is C6H11NO2. The molecule has 0 unspecified atom stereocenters. The fourth-order valence-electron chi connectivity index (χ4n) is 0.869. The monoisotopic (exact) mass is 129 g/mol. The Bertz CT molecular complexity index is 124. The normalized spacial score (nSPS) is 22.8. The Labute approximate surface area is 54.2 Å². The molecule has 0 bridgehead atoms. The first-order chi connectivity index (χ1) is 4.21.